The number of piperidine rings is 1. The number of carbonyl (C=O) groups is 2. The molecule has 0 bridgehead atoms. The number of likely N-dealkylation sites (tertiary alicyclic amines) is 1. The molecular weight excluding hydrogens is 289 g/mol. The molecule has 0 saturated carbocycles. The number of hydrogen-bond acceptors (Lipinski definition) is 3. The Balaban J connectivity index is 2.28. The van der Waals surface area contributed by atoms with Gasteiger partial charge < -0.3 is 15.0 Å². The number of rotatable bonds is 4. The van der Waals surface area contributed by atoms with Crippen molar-refractivity contribution >= 4 is 12.0 Å². The molecule has 0 unspecified atom stereocenters. The van der Waals surface area contributed by atoms with Gasteiger partial charge in [-0.25, -0.2) is 4.79 Å². The highest BCUT2D eigenvalue weighted by molar-refractivity contribution is 5.78. The van der Waals surface area contributed by atoms with E-state index in [4.69, 9.17) is 0 Å². The summed E-state index contributed by atoms with van der Waals surface area (Å²) < 4.78 is 39.5. The van der Waals surface area contributed by atoms with E-state index in [9.17, 15) is 22.8 Å². The lowest BCUT2D eigenvalue weighted by molar-refractivity contribution is -0.160. The molecule has 1 heterocycles. The van der Waals surface area contributed by atoms with E-state index >= 15 is 0 Å². The maximum Gasteiger partial charge on any atom is 0.422 e. The number of alkyl carbamates (subject to hydrolysis) is 1. The van der Waals surface area contributed by atoms with Crippen LogP contribution in [0.2, 0.25) is 0 Å². The van der Waals surface area contributed by atoms with Crippen LogP contribution in [0.3, 0.4) is 0 Å². The normalized spacial score (nSPS) is 22.8. The molecule has 0 aliphatic carbocycles. The van der Waals surface area contributed by atoms with E-state index in [1.54, 1.807) is 4.90 Å². The minimum Gasteiger partial charge on any atom is -0.440 e. The first-order valence-corrected chi connectivity index (χ1v) is 6.99. The van der Waals surface area contributed by atoms with Crippen molar-refractivity contribution in [3.05, 3.63) is 0 Å². The molecule has 2 amide bonds. The number of halogens is 3. The first kappa shape index (κ1) is 17.6. The minimum absolute atomic E-state index is 0.0362. The number of amides is 2. The maximum atomic E-state index is 12.1. The van der Waals surface area contributed by atoms with Gasteiger partial charge in [-0.15, -0.1) is 0 Å². The van der Waals surface area contributed by atoms with Gasteiger partial charge in [-0.1, -0.05) is 0 Å². The largest absolute Gasteiger partial charge is 0.440 e. The average Bonchev–Trinajstić information content (AvgIpc) is 2.35. The summed E-state index contributed by atoms with van der Waals surface area (Å²) in [5.41, 5.74) is 0. The average molecular weight is 310 g/mol. The van der Waals surface area contributed by atoms with Gasteiger partial charge >= 0.3 is 12.3 Å². The van der Waals surface area contributed by atoms with Crippen LogP contribution >= 0.6 is 0 Å². The van der Waals surface area contributed by atoms with Crippen LogP contribution in [-0.2, 0) is 9.53 Å². The van der Waals surface area contributed by atoms with Crippen LogP contribution in [0.15, 0.2) is 0 Å². The molecule has 1 rings (SSSR count). The molecule has 2 atom stereocenters. The third kappa shape index (κ3) is 6.22. The Kier molecular flexibility index (Phi) is 6.29. The van der Waals surface area contributed by atoms with E-state index in [0.29, 0.717) is 0 Å². The third-order valence-electron chi connectivity index (χ3n) is 3.46. The molecule has 0 radical (unpaired) electrons. The number of nitrogens with zero attached hydrogens (tertiary/aromatic N) is 1. The summed E-state index contributed by atoms with van der Waals surface area (Å²) in [5.74, 6) is -0.106. The highest BCUT2D eigenvalue weighted by atomic mass is 19.4. The molecule has 1 aliphatic rings. The van der Waals surface area contributed by atoms with Gasteiger partial charge in [0.1, 0.15) is 0 Å². The molecular formula is C13H21F3N2O3. The van der Waals surface area contributed by atoms with E-state index < -0.39 is 18.9 Å². The first-order valence-electron chi connectivity index (χ1n) is 6.99. The van der Waals surface area contributed by atoms with Crippen molar-refractivity contribution in [3.63, 3.8) is 0 Å². The van der Waals surface area contributed by atoms with Crippen molar-refractivity contribution < 1.29 is 27.5 Å². The smallest absolute Gasteiger partial charge is 0.422 e. The zero-order chi connectivity index (χ0) is 16.0. The van der Waals surface area contributed by atoms with Gasteiger partial charge in [0.05, 0.1) is 0 Å². The Morgan fingerprint density at radius 2 is 1.81 bits per heavy atom. The van der Waals surface area contributed by atoms with Crippen LogP contribution in [0.1, 0.15) is 39.5 Å². The van der Waals surface area contributed by atoms with Crippen molar-refractivity contribution in [2.24, 2.45) is 0 Å². The van der Waals surface area contributed by atoms with E-state index in [0.717, 1.165) is 19.3 Å². The van der Waals surface area contributed by atoms with Gasteiger partial charge in [-0.3, -0.25) is 4.79 Å². The van der Waals surface area contributed by atoms with E-state index in [1.807, 2.05) is 13.8 Å². The summed E-state index contributed by atoms with van der Waals surface area (Å²) in [6.07, 6.45) is -2.70. The molecule has 122 valence electrons. The van der Waals surface area contributed by atoms with Crippen molar-refractivity contribution in [1.29, 1.82) is 0 Å². The number of alkyl halides is 3. The predicted octanol–water partition coefficient (Wildman–Crippen LogP) is 2.45. The SMILES string of the molecule is C[C@@H]1CCC[C@@H](C)N1C(=O)CCNC(=O)OCC(F)(F)F. The minimum atomic E-state index is -4.55. The predicted molar refractivity (Wildman–Crippen MR) is 69.6 cm³/mol. The molecule has 5 nitrogen and oxygen atoms in total. The summed E-state index contributed by atoms with van der Waals surface area (Å²) >= 11 is 0. The van der Waals surface area contributed by atoms with Gasteiger partial charge in [0.25, 0.3) is 0 Å². The van der Waals surface area contributed by atoms with Crippen molar-refractivity contribution in [2.45, 2.75) is 57.8 Å². The zero-order valence-corrected chi connectivity index (χ0v) is 12.2. The Hall–Kier alpha value is -1.47. The molecule has 1 saturated heterocycles. The fourth-order valence-corrected chi connectivity index (χ4v) is 2.51. The first-order chi connectivity index (χ1) is 9.70. The molecule has 8 heteroatoms. The molecule has 0 spiro atoms. The van der Waals surface area contributed by atoms with Crippen molar-refractivity contribution in [3.8, 4) is 0 Å². The highest BCUT2D eigenvalue weighted by Gasteiger charge is 2.30. The topological polar surface area (TPSA) is 58.6 Å². The third-order valence-corrected chi connectivity index (χ3v) is 3.46. The van der Waals surface area contributed by atoms with Crippen LogP contribution in [0.5, 0.6) is 0 Å². The quantitative estimate of drug-likeness (QED) is 0.868. The Morgan fingerprint density at radius 1 is 1.24 bits per heavy atom. The summed E-state index contributed by atoms with van der Waals surface area (Å²) in [4.78, 5) is 24.9. The van der Waals surface area contributed by atoms with E-state index in [-0.39, 0.29) is 31.0 Å². The molecule has 1 N–H and O–H groups in total. The molecule has 1 fully saturated rings. The Morgan fingerprint density at radius 3 is 2.33 bits per heavy atom. The van der Waals surface area contributed by atoms with Gasteiger partial charge in [0.2, 0.25) is 5.91 Å². The molecule has 0 aromatic rings. The summed E-state index contributed by atoms with van der Waals surface area (Å²) in [5, 5.41) is 2.15. The second-order valence-electron chi connectivity index (χ2n) is 5.30. The second-order valence-corrected chi connectivity index (χ2v) is 5.30. The zero-order valence-electron chi connectivity index (χ0n) is 12.2. The molecule has 0 aromatic heterocycles. The number of ether oxygens (including phenoxy) is 1. The lowest BCUT2D eigenvalue weighted by Gasteiger charge is -2.39. The second kappa shape index (κ2) is 7.51. The fourth-order valence-electron chi connectivity index (χ4n) is 2.51. The van der Waals surface area contributed by atoms with Crippen LogP contribution in [0.25, 0.3) is 0 Å². The molecule has 1 aliphatic heterocycles. The van der Waals surface area contributed by atoms with Crippen LogP contribution in [0, 0.1) is 0 Å². The highest BCUT2D eigenvalue weighted by Crippen LogP contribution is 2.23. The number of carbonyl (C=O) groups excluding carboxylic acids is 2. The summed E-state index contributed by atoms with van der Waals surface area (Å²) in [6, 6.07) is 0.303. The van der Waals surface area contributed by atoms with Crippen LogP contribution < -0.4 is 5.32 Å². The van der Waals surface area contributed by atoms with Gasteiger partial charge in [-0.05, 0) is 33.1 Å². The van der Waals surface area contributed by atoms with Gasteiger partial charge in [0, 0.05) is 25.0 Å². The van der Waals surface area contributed by atoms with Crippen molar-refractivity contribution in [1.82, 2.24) is 10.2 Å². The van der Waals surface area contributed by atoms with Crippen molar-refractivity contribution in [2.75, 3.05) is 13.2 Å². The molecule has 21 heavy (non-hydrogen) atoms. The number of nitrogens with one attached hydrogen (secondary N) is 1. The molecule has 0 aromatic carbocycles. The van der Waals surface area contributed by atoms with E-state index in [2.05, 4.69) is 10.1 Å². The number of hydrogen-bond donors (Lipinski definition) is 1. The van der Waals surface area contributed by atoms with Crippen LogP contribution in [0.4, 0.5) is 18.0 Å². The van der Waals surface area contributed by atoms with Gasteiger partial charge in [-0.2, -0.15) is 13.2 Å². The Labute approximate surface area is 121 Å². The lowest BCUT2D eigenvalue weighted by Crippen LogP contribution is -2.48. The van der Waals surface area contributed by atoms with E-state index in [1.165, 1.54) is 0 Å². The monoisotopic (exact) mass is 310 g/mol. The summed E-state index contributed by atoms with van der Waals surface area (Å²) in [6.45, 7) is 2.27. The summed E-state index contributed by atoms with van der Waals surface area (Å²) in [7, 11) is 0. The standard InChI is InChI=1S/C13H21F3N2O3/c1-9-4-3-5-10(2)18(9)11(19)6-7-17-12(20)21-8-13(14,15)16/h9-10H,3-8H2,1-2H3,(H,17,20)/t9-,10-/m1/s1. The Bertz CT molecular complexity index is 364. The fraction of sp³-hybridized carbons (Fsp3) is 0.846. The van der Waals surface area contributed by atoms with Gasteiger partial charge in [0.15, 0.2) is 6.61 Å². The lowest BCUT2D eigenvalue weighted by atomic mass is 9.97. The maximum absolute atomic E-state index is 12.1. The van der Waals surface area contributed by atoms with Crippen LogP contribution in [-0.4, -0.2) is 48.3 Å².